The maximum Gasteiger partial charge on any atom is 0.254 e. The Labute approximate surface area is 322 Å². The fraction of sp³-hybridized carbons (Fsp3) is 0.351. The van der Waals surface area contributed by atoms with E-state index >= 15 is 0 Å². The van der Waals surface area contributed by atoms with Crippen LogP contribution >= 0.6 is 23.2 Å². The van der Waals surface area contributed by atoms with Crippen molar-refractivity contribution in [1.29, 1.82) is 5.26 Å². The third-order valence-electron chi connectivity index (χ3n) is 8.41. The predicted molar refractivity (Wildman–Crippen MR) is 202 cm³/mol. The second-order valence-electron chi connectivity index (χ2n) is 12.4. The molecule has 4 rings (SSSR count). The van der Waals surface area contributed by atoms with Crippen LogP contribution in [-0.4, -0.2) is 93.0 Å². The van der Waals surface area contributed by atoms with Gasteiger partial charge in [-0.2, -0.15) is 5.26 Å². The molecule has 0 aliphatic carbocycles. The standard InChI is InChI=1S/C37H42Cl2N8O7/c1-20-14-26(38)32(27(39)15-20)36(51)44-19-31(48)47(3)33-23-5-7-30(54-13-10-42)25(18-23)24-16-22(4-6-29(24)53-12-9-41)17-28(35(50)43-11-8-40)46-34(49)21(2)45-37(33)52/h4-7,14-16,18,21,28,33H,9-13,17,19,41-42H2,1-3H3,(H,43,50)(H,44,51)(H,45,52)(H,46,49)/t21-,28-,33-/m0/s1. The molecule has 1 heterocycles. The van der Waals surface area contributed by atoms with Crippen molar-refractivity contribution in [3.63, 3.8) is 0 Å². The van der Waals surface area contributed by atoms with Crippen molar-refractivity contribution >= 4 is 52.7 Å². The molecule has 0 saturated carbocycles. The molecule has 0 saturated heterocycles. The van der Waals surface area contributed by atoms with E-state index in [-0.39, 0.29) is 54.9 Å². The summed E-state index contributed by atoms with van der Waals surface area (Å²) in [4.78, 5) is 68.8. The number of carbonyl (C=O) groups excluding carboxylic acids is 5. The molecule has 4 bridgehead atoms. The van der Waals surface area contributed by atoms with Gasteiger partial charge in [0.15, 0.2) is 0 Å². The summed E-state index contributed by atoms with van der Waals surface area (Å²) in [6.07, 6.45) is 0.0110. The van der Waals surface area contributed by atoms with Crippen LogP contribution in [0.15, 0.2) is 48.5 Å². The lowest BCUT2D eigenvalue weighted by Crippen LogP contribution is -2.55. The topological polar surface area (TPSA) is 231 Å². The first-order valence-corrected chi connectivity index (χ1v) is 17.7. The SMILES string of the molecule is Cc1cc(Cl)c(C(=O)NCC(=O)N(C)[C@@H]2C(=O)N[C@@H](C)C(=O)N[C@H](C(=O)NCC#N)Cc3ccc(OCCN)c(c3)-c3cc2ccc3OCCN)c(Cl)c1. The average molecular weight is 782 g/mol. The van der Waals surface area contributed by atoms with Crippen LogP contribution in [0.3, 0.4) is 0 Å². The van der Waals surface area contributed by atoms with E-state index in [0.717, 1.165) is 10.5 Å². The lowest BCUT2D eigenvalue weighted by Gasteiger charge is -2.30. The molecule has 54 heavy (non-hydrogen) atoms. The van der Waals surface area contributed by atoms with E-state index in [1.165, 1.54) is 14.0 Å². The van der Waals surface area contributed by atoms with Crippen molar-refractivity contribution in [2.45, 2.75) is 38.4 Å². The van der Waals surface area contributed by atoms with Gasteiger partial charge in [-0.3, -0.25) is 24.0 Å². The van der Waals surface area contributed by atoms with E-state index in [0.29, 0.717) is 33.8 Å². The fourth-order valence-electron chi connectivity index (χ4n) is 5.76. The maximum atomic E-state index is 14.2. The zero-order valence-electron chi connectivity index (χ0n) is 30.0. The molecule has 3 atom stereocenters. The van der Waals surface area contributed by atoms with Crippen molar-refractivity contribution in [3.8, 4) is 28.7 Å². The van der Waals surface area contributed by atoms with Crippen molar-refractivity contribution in [2.75, 3.05) is 46.4 Å². The summed E-state index contributed by atoms with van der Waals surface area (Å²) in [5.74, 6) is -2.66. The van der Waals surface area contributed by atoms with E-state index in [4.69, 9.17) is 49.4 Å². The van der Waals surface area contributed by atoms with Crippen molar-refractivity contribution < 1.29 is 33.4 Å². The Balaban J connectivity index is 1.83. The Bertz CT molecular complexity index is 1930. The number of aryl methyl sites for hydroxylation is 1. The van der Waals surface area contributed by atoms with E-state index in [2.05, 4.69) is 21.3 Å². The summed E-state index contributed by atoms with van der Waals surface area (Å²) in [5.41, 5.74) is 14.1. The Morgan fingerprint density at radius 1 is 0.926 bits per heavy atom. The molecule has 0 fully saturated rings. The molecule has 0 spiro atoms. The van der Waals surface area contributed by atoms with Gasteiger partial charge in [0.25, 0.3) is 5.91 Å². The Kier molecular flexibility index (Phi) is 14.6. The number of carbonyl (C=O) groups is 5. The van der Waals surface area contributed by atoms with Gasteiger partial charge in [-0.05, 0) is 66.9 Å². The third kappa shape index (κ3) is 10.2. The normalized spacial score (nSPS) is 16.8. The number of halogens is 2. The molecule has 0 aromatic heterocycles. The fourth-order valence-corrected chi connectivity index (χ4v) is 6.53. The highest BCUT2D eigenvalue weighted by Gasteiger charge is 2.33. The zero-order valence-corrected chi connectivity index (χ0v) is 31.5. The average Bonchev–Trinajstić information content (AvgIpc) is 3.13. The van der Waals surface area contributed by atoms with Gasteiger partial charge in [-0.1, -0.05) is 35.3 Å². The third-order valence-corrected chi connectivity index (χ3v) is 9.01. The van der Waals surface area contributed by atoms with Crippen molar-refractivity contribution in [2.24, 2.45) is 11.5 Å². The summed E-state index contributed by atoms with van der Waals surface area (Å²) in [6.45, 7) is 3.06. The molecule has 1 aliphatic heterocycles. The maximum absolute atomic E-state index is 14.2. The highest BCUT2D eigenvalue weighted by molar-refractivity contribution is 6.39. The molecule has 15 nitrogen and oxygen atoms in total. The molecule has 0 radical (unpaired) electrons. The monoisotopic (exact) mass is 780 g/mol. The number of nitrogens with one attached hydrogen (secondary N) is 4. The first kappa shape index (κ1) is 41.4. The van der Waals surface area contributed by atoms with Gasteiger partial charge in [0.1, 0.15) is 49.4 Å². The molecular weight excluding hydrogens is 739 g/mol. The largest absolute Gasteiger partial charge is 0.492 e. The van der Waals surface area contributed by atoms with E-state index in [1.54, 1.807) is 55.5 Å². The number of nitriles is 1. The lowest BCUT2D eigenvalue weighted by atomic mass is 9.93. The molecular formula is C37H42Cl2N8O7. The molecule has 1 aliphatic rings. The second kappa shape index (κ2) is 19.1. The van der Waals surface area contributed by atoms with Crippen LogP contribution in [0.1, 0.15) is 40.0 Å². The van der Waals surface area contributed by atoms with E-state index in [9.17, 15) is 24.0 Å². The second-order valence-corrected chi connectivity index (χ2v) is 13.2. The van der Waals surface area contributed by atoms with Crippen molar-refractivity contribution in [3.05, 3.63) is 80.8 Å². The van der Waals surface area contributed by atoms with E-state index in [1.807, 2.05) is 6.07 Å². The Hall–Kier alpha value is -5.40. The number of nitrogens with two attached hydrogens (primary N) is 2. The van der Waals surface area contributed by atoms with Gasteiger partial charge < -0.3 is 47.1 Å². The van der Waals surface area contributed by atoms with Crippen LogP contribution in [0.2, 0.25) is 10.0 Å². The predicted octanol–water partition coefficient (Wildman–Crippen LogP) is 1.76. The number of benzene rings is 3. The highest BCUT2D eigenvalue weighted by atomic mass is 35.5. The summed E-state index contributed by atoms with van der Waals surface area (Å²) < 4.78 is 12.0. The summed E-state index contributed by atoms with van der Waals surface area (Å²) in [5, 5.41) is 19.6. The zero-order chi connectivity index (χ0) is 39.5. The highest BCUT2D eigenvalue weighted by Crippen LogP contribution is 2.40. The van der Waals surface area contributed by atoms with Gasteiger partial charge >= 0.3 is 0 Å². The van der Waals surface area contributed by atoms with Crippen LogP contribution in [0.5, 0.6) is 11.5 Å². The number of nitrogens with zero attached hydrogens (tertiary/aromatic N) is 2. The minimum absolute atomic E-state index is 0.0110. The smallest absolute Gasteiger partial charge is 0.254 e. The lowest BCUT2D eigenvalue weighted by molar-refractivity contribution is -0.139. The Morgan fingerprint density at radius 2 is 1.54 bits per heavy atom. The number of hydrogen-bond donors (Lipinski definition) is 6. The number of ether oxygens (including phenoxy) is 2. The quantitative estimate of drug-likeness (QED) is 0.146. The number of fused-ring (bicyclic) bond motifs is 5. The van der Waals surface area contributed by atoms with Crippen LogP contribution < -0.4 is 42.2 Å². The van der Waals surface area contributed by atoms with Crippen LogP contribution in [0.25, 0.3) is 11.1 Å². The molecule has 8 N–H and O–H groups in total. The number of likely N-dealkylation sites (N-methyl/N-ethyl adjacent to an activating group) is 1. The van der Waals surface area contributed by atoms with Crippen LogP contribution in [0, 0.1) is 18.3 Å². The Morgan fingerprint density at radius 3 is 2.15 bits per heavy atom. The number of rotatable bonds is 12. The first-order valence-electron chi connectivity index (χ1n) is 17.0. The molecule has 3 aromatic rings. The summed E-state index contributed by atoms with van der Waals surface area (Å²) >= 11 is 12.6. The van der Waals surface area contributed by atoms with E-state index < -0.39 is 54.2 Å². The van der Waals surface area contributed by atoms with Gasteiger partial charge in [-0.15, -0.1) is 0 Å². The molecule has 5 amide bonds. The molecule has 3 aromatic carbocycles. The minimum Gasteiger partial charge on any atom is -0.492 e. The van der Waals surface area contributed by atoms with Gasteiger partial charge in [-0.25, -0.2) is 0 Å². The minimum atomic E-state index is -1.35. The van der Waals surface area contributed by atoms with Crippen molar-refractivity contribution in [1.82, 2.24) is 26.2 Å². The summed E-state index contributed by atoms with van der Waals surface area (Å²) in [7, 11) is 1.38. The number of amides is 5. The van der Waals surface area contributed by atoms with Gasteiger partial charge in [0, 0.05) is 37.7 Å². The van der Waals surface area contributed by atoms with Crippen LogP contribution in [0.4, 0.5) is 0 Å². The van der Waals surface area contributed by atoms with Gasteiger partial charge in [0.2, 0.25) is 23.6 Å². The summed E-state index contributed by atoms with van der Waals surface area (Å²) in [6, 6.07) is 11.4. The molecule has 0 unspecified atom stereocenters. The van der Waals surface area contributed by atoms with Gasteiger partial charge in [0.05, 0.1) is 28.2 Å². The molecule has 17 heteroatoms. The molecule has 286 valence electrons. The first-order chi connectivity index (χ1) is 25.8. The number of hydrogen-bond acceptors (Lipinski definition) is 10. The van der Waals surface area contributed by atoms with Crippen LogP contribution in [-0.2, 0) is 25.6 Å².